The number of carbonyl (C=O) groups excluding carboxylic acids is 2. The van der Waals surface area contributed by atoms with E-state index < -0.39 is 0 Å². The van der Waals surface area contributed by atoms with Gasteiger partial charge in [-0.25, -0.2) is 4.98 Å². The van der Waals surface area contributed by atoms with Crippen molar-refractivity contribution in [3.05, 3.63) is 70.2 Å². The highest BCUT2D eigenvalue weighted by molar-refractivity contribution is 7.10. The van der Waals surface area contributed by atoms with E-state index >= 15 is 0 Å². The minimum atomic E-state index is -0.184. The zero-order valence-electron chi connectivity index (χ0n) is 21.0. The first kappa shape index (κ1) is 24.7. The molecule has 0 radical (unpaired) electrons. The lowest BCUT2D eigenvalue weighted by Crippen LogP contribution is -2.38. The standard InChI is InChI=1S/C30H35N3O2S/c1-21-10-13-23(14-11-21)25-8-4-5-9-26(25)31-29(35)27-20-36-30(32-27)24-16-18-33(19-17-24)28(34)15-12-22-6-2-3-7-22/h4-5,8-11,13-14,20,22,24H,2-3,6-7,12,15-19H2,1H3,(H,31,35). The molecule has 1 aliphatic heterocycles. The van der Waals surface area contributed by atoms with E-state index in [1.165, 1.54) is 31.2 Å². The van der Waals surface area contributed by atoms with Gasteiger partial charge in [-0.1, -0.05) is 73.7 Å². The average molecular weight is 502 g/mol. The predicted molar refractivity (Wildman–Crippen MR) is 146 cm³/mol. The van der Waals surface area contributed by atoms with Gasteiger partial charge in [-0.05, 0) is 43.7 Å². The Hall–Kier alpha value is -2.99. The summed E-state index contributed by atoms with van der Waals surface area (Å²) >= 11 is 1.56. The summed E-state index contributed by atoms with van der Waals surface area (Å²) in [4.78, 5) is 32.5. The van der Waals surface area contributed by atoms with E-state index in [-0.39, 0.29) is 5.91 Å². The summed E-state index contributed by atoms with van der Waals surface area (Å²) in [6.07, 6.45) is 8.84. The Balaban J connectivity index is 1.16. The number of piperidine rings is 1. The molecule has 5 rings (SSSR count). The molecule has 2 aliphatic rings. The quantitative estimate of drug-likeness (QED) is 0.377. The van der Waals surface area contributed by atoms with Crippen molar-refractivity contribution < 1.29 is 9.59 Å². The number of nitrogens with zero attached hydrogens (tertiary/aromatic N) is 2. The number of hydrogen-bond donors (Lipinski definition) is 1. The lowest BCUT2D eigenvalue weighted by Gasteiger charge is -2.31. The number of rotatable bonds is 7. The van der Waals surface area contributed by atoms with Crippen LogP contribution in [0.1, 0.15) is 78.3 Å². The van der Waals surface area contributed by atoms with Crippen LogP contribution in [-0.4, -0.2) is 34.8 Å². The average Bonchev–Trinajstić information content (AvgIpc) is 3.61. The van der Waals surface area contributed by atoms with E-state index in [4.69, 9.17) is 4.98 Å². The molecule has 1 saturated carbocycles. The zero-order valence-corrected chi connectivity index (χ0v) is 21.9. The molecule has 2 heterocycles. The second kappa shape index (κ2) is 11.4. The van der Waals surface area contributed by atoms with Gasteiger partial charge in [0.05, 0.1) is 5.01 Å². The molecule has 5 nitrogen and oxygen atoms in total. The maximum absolute atomic E-state index is 13.1. The van der Waals surface area contributed by atoms with Crippen molar-refractivity contribution in [1.82, 2.24) is 9.88 Å². The number of anilines is 1. The second-order valence-corrected chi connectivity index (χ2v) is 11.2. The van der Waals surface area contributed by atoms with Crippen LogP contribution in [0.3, 0.4) is 0 Å². The summed E-state index contributed by atoms with van der Waals surface area (Å²) in [6, 6.07) is 16.2. The summed E-state index contributed by atoms with van der Waals surface area (Å²) in [5.41, 5.74) is 4.51. The number of aryl methyl sites for hydroxylation is 1. The van der Waals surface area contributed by atoms with Crippen molar-refractivity contribution in [3.8, 4) is 11.1 Å². The van der Waals surface area contributed by atoms with Crippen LogP contribution in [0.2, 0.25) is 0 Å². The molecule has 3 aromatic rings. The van der Waals surface area contributed by atoms with Gasteiger partial charge in [-0.2, -0.15) is 0 Å². The van der Waals surface area contributed by atoms with Crippen molar-refractivity contribution in [3.63, 3.8) is 0 Å². The molecular weight excluding hydrogens is 466 g/mol. The number of amides is 2. The van der Waals surface area contributed by atoms with E-state index in [9.17, 15) is 9.59 Å². The number of likely N-dealkylation sites (tertiary alicyclic amines) is 1. The summed E-state index contributed by atoms with van der Waals surface area (Å²) < 4.78 is 0. The highest BCUT2D eigenvalue weighted by Gasteiger charge is 2.27. The number of nitrogens with one attached hydrogen (secondary N) is 1. The second-order valence-electron chi connectivity index (χ2n) is 10.3. The Morgan fingerprint density at radius 1 is 1.00 bits per heavy atom. The Labute approximate surface area is 218 Å². The van der Waals surface area contributed by atoms with Crippen LogP contribution in [0.4, 0.5) is 5.69 Å². The first-order valence-electron chi connectivity index (χ1n) is 13.3. The van der Waals surface area contributed by atoms with Crippen molar-refractivity contribution in [2.45, 2.75) is 64.2 Å². The topological polar surface area (TPSA) is 62.3 Å². The van der Waals surface area contributed by atoms with Crippen LogP contribution in [-0.2, 0) is 4.79 Å². The van der Waals surface area contributed by atoms with Gasteiger partial charge in [0.25, 0.3) is 5.91 Å². The minimum absolute atomic E-state index is 0.184. The molecule has 0 bridgehead atoms. The van der Waals surface area contributed by atoms with Crippen LogP contribution in [0, 0.1) is 12.8 Å². The molecule has 0 atom stereocenters. The predicted octanol–water partition coefficient (Wildman–Crippen LogP) is 7.05. The number of thiazole rings is 1. The lowest BCUT2D eigenvalue weighted by atomic mass is 9.96. The SMILES string of the molecule is Cc1ccc(-c2ccccc2NC(=O)c2csc(C3CCN(C(=O)CCC4CCCC4)CC3)n2)cc1. The van der Waals surface area contributed by atoms with Crippen LogP contribution in [0.5, 0.6) is 0 Å². The van der Waals surface area contributed by atoms with Crippen molar-refractivity contribution >= 4 is 28.8 Å². The summed E-state index contributed by atoms with van der Waals surface area (Å²) in [5, 5.41) is 5.93. The first-order valence-corrected chi connectivity index (χ1v) is 14.2. The molecule has 1 saturated heterocycles. The van der Waals surface area contributed by atoms with Crippen LogP contribution in [0.15, 0.2) is 53.9 Å². The third-order valence-electron chi connectivity index (χ3n) is 7.73. The van der Waals surface area contributed by atoms with Gasteiger partial charge >= 0.3 is 0 Å². The van der Waals surface area contributed by atoms with E-state index in [2.05, 4.69) is 36.5 Å². The van der Waals surface area contributed by atoms with E-state index in [0.29, 0.717) is 23.9 Å². The van der Waals surface area contributed by atoms with Crippen LogP contribution >= 0.6 is 11.3 Å². The fourth-order valence-electron chi connectivity index (χ4n) is 5.50. The summed E-state index contributed by atoms with van der Waals surface area (Å²) in [6.45, 7) is 3.65. The van der Waals surface area contributed by atoms with Crippen LogP contribution in [0.25, 0.3) is 11.1 Å². The molecule has 1 aliphatic carbocycles. The Morgan fingerprint density at radius 3 is 2.47 bits per heavy atom. The minimum Gasteiger partial charge on any atom is -0.343 e. The fourth-order valence-corrected chi connectivity index (χ4v) is 6.47. The Bertz CT molecular complexity index is 1190. The number of carbonyl (C=O) groups is 2. The molecule has 188 valence electrons. The lowest BCUT2D eigenvalue weighted by molar-refractivity contribution is -0.132. The van der Waals surface area contributed by atoms with Crippen molar-refractivity contribution in [1.29, 1.82) is 0 Å². The highest BCUT2D eigenvalue weighted by atomic mass is 32.1. The van der Waals surface area contributed by atoms with Crippen molar-refractivity contribution in [2.24, 2.45) is 5.92 Å². The number of para-hydroxylation sites is 1. The molecular formula is C30H35N3O2S. The largest absolute Gasteiger partial charge is 0.343 e. The van der Waals surface area contributed by atoms with Gasteiger partial charge in [-0.15, -0.1) is 11.3 Å². The van der Waals surface area contributed by atoms with E-state index in [0.717, 1.165) is 60.1 Å². The van der Waals surface area contributed by atoms with Gasteiger partial charge in [0.2, 0.25) is 5.91 Å². The molecule has 0 unspecified atom stereocenters. The monoisotopic (exact) mass is 501 g/mol. The van der Waals surface area contributed by atoms with Gasteiger partial charge in [0.15, 0.2) is 0 Å². The smallest absolute Gasteiger partial charge is 0.275 e. The molecule has 1 aromatic heterocycles. The Kier molecular flexibility index (Phi) is 7.81. The van der Waals surface area contributed by atoms with Gasteiger partial charge in [0.1, 0.15) is 5.69 Å². The Morgan fingerprint density at radius 2 is 1.72 bits per heavy atom. The van der Waals surface area contributed by atoms with Crippen molar-refractivity contribution in [2.75, 3.05) is 18.4 Å². The molecule has 0 spiro atoms. The van der Waals surface area contributed by atoms with Gasteiger partial charge < -0.3 is 10.2 Å². The number of aromatic nitrogens is 1. The maximum Gasteiger partial charge on any atom is 0.275 e. The normalized spacial score (nSPS) is 16.9. The summed E-state index contributed by atoms with van der Waals surface area (Å²) in [7, 11) is 0. The van der Waals surface area contributed by atoms with Gasteiger partial charge in [0, 0.05) is 42.1 Å². The first-order chi connectivity index (χ1) is 17.6. The summed E-state index contributed by atoms with van der Waals surface area (Å²) in [5.74, 6) is 1.20. The molecule has 2 aromatic carbocycles. The molecule has 2 amide bonds. The van der Waals surface area contributed by atoms with Gasteiger partial charge in [-0.3, -0.25) is 9.59 Å². The third-order valence-corrected chi connectivity index (χ3v) is 8.74. The molecule has 2 fully saturated rings. The van der Waals surface area contributed by atoms with Crippen LogP contribution < -0.4 is 5.32 Å². The molecule has 1 N–H and O–H groups in total. The fraction of sp³-hybridized carbons (Fsp3) is 0.433. The van der Waals surface area contributed by atoms with E-state index in [1.54, 1.807) is 11.3 Å². The number of hydrogen-bond acceptors (Lipinski definition) is 4. The molecule has 6 heteroatoms. The zero-order chi connectivity index (χ0) is 24.9. The van der Waals surface area contributed by atoms with E-state index in [1.807, 2.05) is 34.5 Å². The molecule has 36 heavy (non-hydrogen) atoms. The third kappa shape index (κ3) is 5.86. The maximum atomic E-state index is 13.1. The highest BCUT2D eigenvalue weighted by Crippen LogP contribution is 2.33. The number of benzene rings is 2.